The van der Waals surface area contributed by atoms with E-state index >= 15 is 0 Å². The molecule has 0 bridgehead atoms. The Hall–Kier alpha value is -2.31. The number of ether oxygens (including phenoxy) is 1. The highest BCUT2D eigenvalue weighted by Gasteiger charge is 2.38. The Labute approximate surface area is 202 Å². The van der Waals surface area contributed by atoms with Gasteiger partial charge in [-0.05, 0) is 62.7 Å². The standard InChI is InChI=1S/C26H26ClNO4S/c1-33-20-12-19(26(31)32-16-9-7-13-10-15(27)8-6-14(13)11-16)23(28)22-21(20)24(29)17-4-2-3-5-18(17)25(22)30/h2-5,12-16H,6-11,28H2,1H3/t13-,14?,15?,16-/m1/s1. The number of anilines is 1. The van der Waals surface area contributed by atoms with Crippen LogP contribution < -0.4 is 5.73 Å². The summed E-state index contributed by atoms with van der Waals surface area (Å²) in [4.78, 5) is 40.2. The van der Waals surface area contributed by atoms with Gasteiger partial charge in [0.2, 0.25) is 0 Å². The average molecular weight is 484 g/mol. The van der Waals surface area contributed by atoms with Crippen LogP contribution in [0.3, 0.4) is 0 Å². The number of ketones is 2. The molecule has 33 heavy (non-hydrogen) atoms. The van der Waals surface area contributed by atoms with E-state index in [0.29, 0.717) is 27.9 Å². The SMILES string of the molecule is CSc1cc(C(=O)O[C@@H]2CC[C@@H]3CC(Cl)CCC3C2)c(N)c2c1C(=O)c1ccccc1C2=O. The molecule has 5 nitrogen and oxygen atoms in total. The lowest BCUT2D eigenvalue weighted by Gasteiger charge is -2.40. The van der Waals surface area contributed by atoms with Crippen LogP contribution in [0.15, 0.2) is 35.2 Å². The fourth-order valence-electron chi connectivity index (χ4n) is 5.72. The van der Waals surface area contributed by atoms with Gasteiger partial charge >= 0.3 is 5.97 Å². The van der Waals surface area contributed by atoms with Gasteiger partial charge in [-0.1, -0.05) is 24.3 Å². The minimum absolute atomic E-state index is 0.0250. The largest absolute Gasteiger partial charge is 0.459 e. The molecule has 2 N–H and O–H groups in total. The van der Waals surface area contributed by atoms with Crippen LogP contribution in [0.1, 0.15) is 80.7 Å². The first-order valence-electron chi connectivity index (χ1n) is 11.4. The molecule has 4 atom stereocenters. The van der Waals surface area contributed by atoms with Crippen molar-refractivity contribution in [2.45, 2.75) is 54.9 Å². The van der Waals surface area contributed by atoms with Gasteiger partial charge in [0.15, 0.2) is 11.6 Å². The molecule has 3 aliphatic rings. The van der Waals surface area contributed by atoms with Crippen molar-refractivity contribution >= 4 is 46.6 Å². The first kappa shape index (κ1) is 22.5. The van der Waals surface area contributed by atoms with E-state index in [2.05, 4.69) is 0 Å². The number of alkyl halides is 1. The zero-order valence-corrected chi connectivity index (χ0v) is 20.0. The molecule has 0 radical (unpaired) electrons. The molecule has 172 valence electrons. The summed E-state index contributed by atoms with van der Waals surface area (Å²) in [5.74, 6) is 0.0336. The number of rotatable bonds is 3. The van der Waals surface area contributed by atoms with Gasteiger partial charge in [-0.3, -0.25) is 9.59 Å². The number of carbonyl (C=O) groups is 3. The lowest BCUT2D eigenvalue weighted by molar-refractivity contribution is -0.000579. The first-order valence-corrected chi connectivity index (χ1v) is 13.1. The van der Waals surface area contributed by atoms with Crippen molar-refractivity contribution in [3.63, 3.8) is 0 Å². The molecule has 0 amide bonds. The second-order valence-electron chi connectivity index (χ2n) is 9.26. The van der Waals surface area contributed by atoms with E-state index < -0.39 is 5.97 Å². The summed E-state index contributed by atoms with van der Waals surface area (Å²) in [6.45, 7) is 0. The summed E-state index contributed by atoms with van der Waals surface area (Å²) in [6.07, 6.45) is 7.42. The third-order valence-electron chi connectivity index (χ3n) is 7.42. The lowest BCUT2D eigenvalue weighted by Crippen LogP contribution is -2.35. The molecule has 0 saturated heterocycles. The molecular formula is C26H26ClNO4S. The van der Waals surface area contributed by atoms with Gasteiger partial charge in [-0.25, -0.2) is 4.79 Å². The van der Waals surface area contributed by atoms with Crippen molar-refractivity contribution < 1.29 is 19.1 Å². The summed E-state index contributed by atoms with van der Waals surface area (Å²) in [5, 5.41) is 0.260. The molecule has 3 aliphatic carbocycles. The maximum atomic E-state index is 13.3. The van der Waals surface area contributed by atoms with E-state index in [1.165, 1.54) is 11.8 Å². The zero-order valence-electron chi connectivity index (χ0n) is 18.4. The molecule has 2 saturated carbocycles. The molecule has 2 aromatic rings. The van der Waals surface area contributed by atoms with Gasteiger partial charge in [-0.2, -0.15) is 0 Å². The Morgan fingerprint density at radius 3 is 2.33 bits per heavy atom. The Morgan fingerprint density at radius 2 is 1.64 bits per heavy atom. The second-order valence-corrected chi connectivity index (χ2v) is 10.7. The van der Waals surface area contributed by atoms with Crippen LogP contribution in [0, 0.1) is 11.8 Å². The van der Waals surface area contributed by atoms with Crippen molar-refractivity contribution in [2.24, 2.45) is 11.8 Å². The zero-order chi connectivity index (χ0) is 23.3. The number of nitrogen functional groups attached to an aromatic ring is 1. The van der Waals surface area contributed by atoms with Crippen molar-refractivity contribution in [1.82, 2.24) is 0 Å². The summed E-state index contributed by atoms with van der Waals surface area (Å²) >= 11 is 7.66. The first-order chi connectivity index (χ1) is 15.9. The van der Waals surface area contributed by atoms with Crippen LogP contribution in [-0.2, 0) is 4.74 Å². The Morgan fingerprint density at radius 1 is 1.00 bits per heavy atom. The van der Waals surface area contributed by atoms with E-state index in [9.17, 15) is 14.4 Å². The summed E-state index contributed by atoms with van der Waals surface area (Å²) in [7, 11) is 0. The maximum absolute atomic E-state index is 13.3. The van der Waals surface area contributed by atoms with E-state index in [-0.39, 0.29) is 45.4 Å². The predicted molar refractivity (Wildman–Crippen MR) is 129 cm³/mol. The van der Waals surface area contributed by atoms with Gasteiger partial charge in [0.05, 0.1) is 16.8 Å². The minimum Gasteiger partial charge on any atom is -0.459 e. The van der Waals surface area contributed by atoms with Gasteiger partial charge < -0.3 is 10.5 Å². The maximum Gasteiger partial charge on any atom is 0.340 e. The van der Waals surface area contributed by atoms with Crippen molar-refractivity contribution in [2.75, 3.05) is 12.0 Å². The highest BCUT2D eigenvalue weighted by molar-refractivity contribution is 7.98. The molecular weight excluding hydrogens is 458 g/mol. The van der Waals surface area contributed by atoms with E-state index in [1.54, 1.807) is 30.3 Å². The van der Waals surface area contributed by atoms with Crippen LogP contribution in [0.5, 0.6) is 0 Å². The third-order valence-corrected chi connectivity index (χ3v) is 8.57. The van der Waals surface area contributed by atoms with E-state index in [4.69, 9.17) is 22.1 Å². The minimum atomic E-state index is -0.529. The fourth-order valence-corrected chi connectivity index (χ4v) is 6.71. The Kier molecular flexibility index (Phi) is 6.00. The number of fused-ring (bicyclic) bond motifs is 3. The fraction of sp³-hybridized carbons (Fsp3) is 0.423. The molecule has 2 fully saturated rings. The number of benzene rings is 2. The number of halogens is 1. The number of hydrogen-bond donors (Lipinski definition) is 1. The van der Waals surface area contributed by atoms with Gasteiger partial charge in [0.1, 0.15) is 6.10 Å². The van der Waals surface area contributed by atoms with Crippen molar-refractivity contribution in [1.29, 1.82) is 0 Å². The van der Waals surface area contributed by atoms with Crippen molar-refractivity contribution in [3.05, 3.63) is 58.1 Å². The molecule has 2 aromatic carbocycles. The number of thioether (sulfide) groups is 1. The molecule has 0 heterocycles. The number of hydrogen-bond acceptors (Lipinski definition) is 6. The summed E-state index contributed by atoms with van der Waals surface area (Å²) in [6, 6.07) is 8.32. The Balaban J connectivity index is 1.44. The molecule has 2 unspecified atom stereocenters. The van der Waals surface area contributed by atoms with Crippen LogP contribution in [-0.4, -0.2) is 35.3 Å². The van der Waals surface area contributed by atoms with E-state index in [0.717, 1.165) is 38.5 Å². The summed E-state index contributed by atoms with van der Waals surface area (Å²) in [5.41, 5.74) is 7.62. The lowest BCUT2D eigenvalue weighted by atomic mass is 9.70. The molecule has 0 aliphatic heterocycles. The highest BCUT2D eigenvalue weighted by Crippen LogP contribution is 2.43. The quantitative estimate of drug-likeness (QED) is 0.229. The van der Waals surface area contributed by atoms with Crippen LogP contribution in [0.4, 0.5) is 5.69 Å². The van der Waals surface area contributed by atoms with Crippen molar-refractivity contribution in [3.8, 4) is 0 Å². The normalized spacial score (nSPS) is 26.2. The molecule has 7 heteroatoms. The number of carbonyl (C=O) groups excluding carboxylic acids is 3. The Bertz CT molecular complexity index is 1160. The van der Waals surface area contributed by atoms with E-state index in [1.807, 2.05) is 6.26 Å². The molecule has 0 aromatic heterocycles. The highest BCUT2D eigenvalue weighted by atomic mass is 35.5. The number of nitrogens with two attached hydrogens (primary N) is 1. The predicted octanol–water partition coefficient (Wildman–Crippen LogP) is 5.50. The second kappa shape index (κ2) is 8.80. The van der Waals surface area contributed by atoms with Gasteiger partial charge in [0, 0.05) is 27.0 Å². The average Bonchev–Trinajstić information content (AvgIpc) is 2.82. The van der Waals surface area contributed by atoms with Gasteiger partial charge in [-0.15, -0.1) is 23.4 Å². The third kappa shape index (κ3) is 3.87. The smallest absolute Gasteiger partial charge is 0.340 e. The summed E-state index contributed by atoms with van der Waals surface area (Å²) < 4.78 is 5.90. The van der Waals surface area contributed by atoms with Crippen LogP contribution in [0.2, 0.25) is 0 Å². The molecule has 5 rings (SSSR count). The van der Waals surface area contributed by atoms with Crippen LogP contribution >= 0.6 is 23.4 Å². The monoisotopic (exact) mass is 483 g/mol. The van der Waals surface area contributed by atoms with Crippen LogP contribution in [0.25, 0.3) is 0 Å². The van der Waals surface area contributed by atoms with Gasteiger partial charge in [0.25, 0.3) is 0 Å². The molecule has 0 spiro atoms. The number of esters is 1. The topological polar surface area (TPSA) is 86.5 Å².